The Balaban J connectivity index is 2.63. The van der Waals surface area contributed by atoms with Crippen LogP contribution in [0.1, 0.15) is 27.2 Å². The number of carbonyl (C=O) groups is 2. The highest BCUT2D eigenvalue weighted by Gasteiger charge is 2.36. The van der Waals surface area contributed by atoms with E-state index in [0.717, 1.165) is 0 Å². The van der Waals surface area contributed by atoms with Gasteiger partial charge < -0.3 is 14.6 Å². The molecule has 1 aliphatic rings. The molecule has 0 aromatic carbocycles. The number of likely N-dealkylation sites (tertiary alicyclic amines) is 1. The largest absolute Gasteiger partial charge is 0.444 e. The van der Waals surface area contributed by atoms with Gasteiger partial charge in [-0.05, 0) is 20.8 Å². The van der Waals surface area contributed by atoms with E-state index in [-0.39, 0.29) is 6.54 Å². The quantitative estimate of drug-likeness (QED) is 0.649. The molecule has 0 spiro atoms. The third kappa shape index (κ3) is 3.20. The van der Waals surface area contributed by atoms with Crippen molar-refractivity contribution in [2.45, 2.75) is 44.9 Å². The molecule has 0 saturated carbocycles. The maximum absolute atomic E-state index is 11.6. The zero-order valence-corrected chi connectivity index (χ0v) is 9.27. The molecule has 0 aromatic heterocycles. The molecule has 15 heavy (non-hydrogen) atoms. The van der Waals surface area contributed by atoms with E-state index >= 15 is 0 Å². The van der Waals surface area contributed by atoms with Crippen LogP contribution in [0.5, 0.6) is 0 Å². The van der Waals surface area contributed by atoms with E-state index in [0.29, 0.717) is 12.7 Å². The Labute approximate surface area is 89.0 Å². The van der Waals surface area contributed by atoms with Gasteiger partial charge in [0, 0.05) is 6.42 Å². The van der Waals surface area contributed by atoms with Gasteiger partial charge in [-0.1, -0.05) is 0 Å². The third-order valence-corrected chi connectivity index (χ3v) is 2.11. The zero-order chi connectivity index (χ0) is 11.6. The number of carbonyl (C=O) groups excluding carboxylic acids is 2. The SMILES string of the molecule is CC(C)(C)OC(=O)N1CC(O)CC1C=O. The fraction of sp³-hybridized carbons (Fsp3) is 0.800. The van der Waals surface area contributed by atoms with Crippen LogP contribution in [0, 0.1) is 0 Å². The Hall–Kier alpha value is -1.10. The fourth-order valence-electron chi connectivity index (χ4n) is 1.50. The van der Waals surface area contributed by atoms with Crippen LogP contribution in [0.15, 0.2) is 0 Å². The van der Waals surface area contributed by atoms with E-state index in [1.165, 1.54) is 4.90 Å². The van der Waals surface area contributed by atoms with E-state index in [2.05, 4.69) is 0 Å². The van der Waals surface area contributed by atoms with Crippen LogP contribution < -0.4 is 0 Å². The normalized spacial score (nSPS) is 26.5. The summed E-state index contributed by atoms with van der Waals surface area (Å²) >= 11 is 0. The second-order valence-corrected chi connectivity index (χ2v) is 4.73. The minimum absolute atomic E-state index is 0.165. The molecular weight excluding hydrogens is 198 g/mol. The summed E-state index contributed by atoms with van der Waals surface area (Å²) < 4.78 is 5.12. The van der Waals surface area contributed by atoms with E-state index in [9.17, 15) is 14.7 Å². The number of amides is 1. The van der Waals surface area contributed by atoms with Gasteiger partial charge in [0.1, 0.15) is 11.9 Å². The van der Waals surface area contributed by atoms with Gasteiger partial charge >= 0.3 is 6.09 Å². The Kier molecular flexibility index (Phi) is 3.34. The minimum Gasteiger partial charge on any atom is -0.444 e. The van der Waals surface area contributed by atoms with Crippen LogP contribution >= 0.6 is 0 Å². The van der Waals surface area contributed by atoms with Crippen molar-refractivity contribution >= 4 is 12.4 Å². The second kappa shape index (κ2) is 4.18. The molecule has 0 aliphatic carbocycles. The van der Waals surface area contributed by atoms with Crippen LogP contribution in [-0.4, -0.2) is 46.7 Å². The Morgan fingerprint density at radius 2 is 2.13 bits per heavy atom. The van der Waals surface area contributed by atoms with Crippen molar-refractivity contribution in [2.24, 2.45) is 0 Å². The summed E-state index contributed by atoms with van der Waals surface area (Å²) in [5.41, 5.74) is -0.585. The average Bonchev–Trinajstić information content (AvgIpc) is 2.43. The number of hydrogen-bond donors (Lipinski definition) is 1. The smallest absolute Gasteiger partial charge is 0.410 e. The van der Waals surface area contributed by atoms with Crippen molar-refractivity contribution in [2.75, 3.05) is 6.54 Å². The molecule has 1 N–H and O–H groups in total. The van der Waals surface area contributed by atoms with Crippen LogP contribution in [0.3, 0.4) is 0 Å². The summed E-state index contributed by atoms with van der Waals surface area (Å²) in [5, 5.41) is 9.34. The topological polar surface area (TPSA) is 66.8 Å². The van der Waals surface area contributed by atoms with Crippen LogP contribution in [0.2, 0.25) is 0 Å². The van der Waals surface area contributed by atoms with Gasteiger partial charge in [-0.15, -0.1) is 0 Å². The van der Waals surface area contributed by atoms with Gasteiger partial charge in [-0.2, -0.15) is 0 Å². The lowest BCUT2D eigenvalue weighted by Crippen LogP contribution is -2.40. The number of β-amino-alcohol motifs (C(OH)–C–C–N with tert-alkyl or cyclic N) is 1. The van der Waals surface area contributed by atoms with E-state index in [1.807, 2.05) is 0 Å². The van der Waals surface area contributed by atoms with Crippen molar-refractivity contribution in [1.82, 2.24) is 4.90 Å². The van der Waals surface area contributed by atoms with Crippen LogP contribution in [0.4, 0.5) is 4.79 Å². The molecule has 0 bridgehead atoms. The van der Waals surface area contributed by atoms with E-state index in [4.69, 9.17) is 4.74 Å². The molecule has 1 rings (SSSR count). The van der Waals surface area contributed by atoms with Crippen LogP contribution in [-0.2, 0) is 9.53 Å². The molecular formula is C10H17NO4. The standard InChI is InChI=1S/C10H17NO4/c1-10(2,3)15-9(14)11-5-8(13)4-7(11)6-12/h6-8,13H,4-5H2,1-3H3. The van der Waals surface area contributed by atoms with Gasteiger partial charge in [0.2, 0.25) is 0 Å². The summed E-state index contributed by atoms with van der Waals surface area (Å²) in [7, 11) is 0. The van der Waals surface area contributed by atoms with Crippen LogP contribution in [0.25, 0.3) is 0 Å². The van der Waals surface area contributed by atoms with Crippen molar-refractivity contribution in [3.63, 3.8) is 0 Å². The van der Waals surface area contributed by atoms with Gasteiger partial charge in [-0.3, -0.25) is 4.90 Å². The number of ether oxygens (including phenoxy) is 1. The summed E-state index contributed by atoms with van der Waals surface area (Å²) in [6.07, 6.45) is -0.216. The maximum Gasteiger partial charge on any atom is 0.410 e. The lowest BCUT2D eigenvalue weighted by atomic mass is 10.2. The molecule has 1 saturated heterocycles. The molecule has 2 atom stereocenters. The monoisotopic (exact) mass is 215 g/mol. The fourth-order valence-corrected chi connectivity index (χ4v) is 1.50. The molecule has 1 aliphatic heterocycles. The highest BCUT2D eigenvalue weighted by Crippen LogP contribution is 2.19. The number of aliphatic hydroxyl groups excluding tert-OH is 1. The molecule has 1 heterocycles. The molecule has 0 radical (unpaired) electrons. The number of aldehydes is 1. The zero-order valence-electron chi connectivity index (χ0n) is 9.27. The number of nitrogens with zero attached hydrogens (tertiary/aromatic N) is 1. The summed E-state index contributed by atoms with van der Waals surface area (Å²) in [5.74, 6) is 0. The Morgan fingerprint density at radius 1 is 1.53 bits per heavy atom. The summed E-state index contributed by atoms with van der Waals surface area (Å²) in [6.45, 7) is 5.44. The number of hydrogen-bond acceptors (Lipinski definition) is 4. The first-order valence-electron chi connectivity index (χ1n) is 4.96. The summed E-state index contributed by atoms with van der Waals surface area (Å²) in [6, 6.07) is -0.560. The molecule has 5 heteroatoms. The summed E-state index contributed by atoms with van der Waals surface area (Å²) in [4.78, 5) is 23.5. The molecule has 1 amide bonds. The Morgan fingerprint density at radius 3 is 2.60 bits per heavy atom. The molecule has 86 valence electrons. The number of aliphatic hydroxyl groups is 1. The lowest BCUT2D eigenvalue weighted by molar-refractivity contribution is -0.111. The van der Waals surface area contributed by atoms with Gasteiger partial charge in [0.15, 0.2) is 0 Å². The third-order valence-electron chi connectivity index (χ3n) is 2.11. The van der Waals surface area contributed by atoms with Crippen molar-refractivity contribution in [1.29, 1.82) is 0 Å². The first kappa shape index (κ1) is 12.0. The predicted molar refractivity (Wildman–Crippen MR) is 53.4 cm³/mol. The highest BCUT2D eigenvalue weighted by atomic mass is 16.6. The van der Waals surface area contributed by atoms with E-state index in [1.54, 1.807) is 20.8 Å². The van der Waals surface area contributed by atoms with Crippen molar-refractivity contribution < 1.29 is 19.4 Å². The maximum atomic E-state index is 11.6. The molecule has 2 unspecified atom stereocenters. The first-order valence-corrected chi connectivity index (χ1v) is 4.96. The molecule has 5 nitrogen and oxygen atoms in total. The average molecular weight is 215 g/mol. The Bertz CT molecular complexity index is 259. The first-order chi connectivity index (χ1) is 6.83. The van der Waals surface area contributed by atoms with Gasteiger partial charge in [0.25, 0.3) is 0 Å². The predicted octanol–water partition coefficient (Wildman–Crippen LogP) is 0.556. The lowest BCUT2D eigenvalue weighted by Gasteiger charge is -2.26. The van der Waals surface area contributed by atoms with Crippen molar-refractivity contribution in [3.8, 4) is 0 Å². The van der Waals surface area contributed by atoms with Gasteiger partial charge in [0.05, 0.1) is 18.7 Å². The minimum atomic E-state index is -0.632. The molecule has 1 fully saturated rings. The molecule has 0 aromatic rings. The number of rotatable bonds is 1. The second-order valence-electron chi connectivity index (χ2n) is 4.73. The van der Waals surface area contributed by atoms with Gasteiger partial charge in [-0.25, -0.2) is 4.79 Å². The van der Waals surface area contributed by atoms with Crippen molar-refractivity contribution in [3.05, 3.63) is 0 Å². The highest BCUT2D eigenvalue weighted by molar-refractivity contribution is 5.74. The van der Waals surface area contributed by atoms with E-state index < -0.39 is 23.8 Å².